The molecule has 0 aliphatic carbocycles. The minimum Gasteiger partial charge on any atom is -0.496 e. The van der Waals surface area contributed by atoms with E-state index in [1.54, 1.807) is 25.2 Å². The molecule has 0 spiro atoms. The molecular weight excluding hydrogens is 276 g/mol. The zero-order valence-corrected chi connectivity index (χ0v) is 13.4. The Bertz CT molecular complexity index is 541. The van der Waals surface area contributed by atoms with Crippen LogP contribution in [0.25, 0.3) is 0 Å². The SMILES string of the molecule is COc1ccc(S(=O)(=O)N(C)CCC(C)C)cc1CN. The molecule has 0 fully saturated rings. The molecule has 20 heavy (non-hydrogen) atoms. The molecule has 0 saturated heterocycles. The maximum atomic E-state index is 12.5. The Morgan fingerprint density at radius 2 is 2.00 bits per heavy atom. The predicted molar refractivity (Wildman–Crippen MR) is 80.2 cm³/mol. The summed E-state index contributed by atoms with van der Waals surface area (Å²) < 4.78 is 31.5. The molecule has 0 atom stereocenters. The second-order valence-corrected chi connectivity index (χ2v) is 7.23. The lowest BCUT2D eigenvalue weighted by Gasteiger charge is -2.19. The number of nitrogens with two attached hydrogens (primary N) is 1. The highest BCUT2D eigenvalue weighted by molar-refractivity contribution is 7.89. The van der Waals surface area contributed by atoms with Crippen molar-refractivity contribution >= 4 is 10.0 Å². The Labute approximate surface area is 121 Å². The first-order chi connectivity index (χ1) is 9.32. The predicted octanol–water partition coefficient (Wildman–Crippen LogP) is 1.82. The fourth-order valence-electron chi connectivity index (χ4n) is 1.82. The lowest BCUT2D eigenvalue weighted by molar-refractivity contribution is 0.408. The molecule has 1 aromatic carbocycles. The van der Waals surface area contributed by atoms with E-state index in [4.69, 9.17) is 10.5 Å². The maximum absolute atomic E-state index is 12.5. The van der Waals surface area contributed by atoms with Crippen molar-refractivity contribution in [3.8, 4) is 5.75 Å². The number of sulfonamides is 1. The highest BCUT2D eigenvalue weighted by Gasteiger charge is 2.21. The number of hydrogen-bond donors (Lipinski definition) is 1. The normalized spacial score (nSPS) is 12.2. The van der Waals surface area contributed by atoms with Gasteiger partial charge in [-0.3, -0.25) is 0 Å². The van der Waals surface area contributed by atoms with Gasteiger partial charge in [0.05, 0.1) is 12.0 Å². The number of nitrogens with zero attached hydrogens (tertiary/aromatic N) is 1. The first kappa shape index (κ1) is 16.9. The second kappa shape index (κ2) is 7.06. The monoisotopic (exact) mass is 300 g/mol. The van der Waals surface area contributed by atoms with Gasteiger partial charge in [-0.05, 0) is 30.5 Å². The zero-order valence-electron chi connectivity index (χ0n) is 12.6. The van der Waals surface area contributed by atoms with E-state index in [1.807, 2.05) is 0 Å². The van der Waals surface area contributed by atoms with E-state index in [2.05, 4.69) is 13.8 Å². The van der Waals surface area contributed by atoms with E-state index in [-0.39, 0.29) is 11.4 Å². The van der Waals surface area contributed by atoms with E-state index in [9.17, 15) is 8.42 Å². The number of ether oxygens (including phenoxy) is 1. The standard InChI is InChI=1S/C14H24N2O3S/c1-11(2)7-8-16(3)20(17,18)13-5-6-14(19-4)12(9-13)10-15/h5-6,9,11H,7-8,10,15H2,1-4H3. The first-order valence-corrected chi connectivity index (χ1v) is 8.10. The molecule has 1 rings (SSSR count). The lowest BCUT2D eigenvalue weighted by atomic mass is 10.1. The summed E-state index contributed by atoms with van der Waals surface area (Å²) in [6.07, 6.45) is 0.829. The smallest absolute Gasteiger partial charge is 0.242 e. The van der Waals surface area contributed by atoms with Gasteiger partial charge in [-0.1, -0.05) is 13.8 Å². The van der Waals surface area contributed by atoms with Crippen LogP contribution < -0.4 is 10.5 Å². The molecule has 114 valence electrons. The van der Waals surface area contributed by atoms with Crippen LogP contribution in [0.5, 0.6) is 5.75 Å². The number of benzene rings is 1. The van der Waals surface area contributed by atoms with Crippen molar-refractivity contribution in [2.75, 3.05) is 20.7 Å². The van der Waals surface area contributed by atoms with Crippen LogP contribution in [0.3, 0.4) is 0 Å². The van der Waals surface area contributed by atoms with Crippen LogP contribution in [0.4, 0.5) is 0 Å². The van der Waals surface area contributed by atoms with Crippen molar-refractivity contribution in [1.82, 2.24) is 4.31 Å². The third kappa shape index (κ3) is 3.94. The lowest BCUT2D eigenvalue weighted by Crippen LogP contribution is -2.28. The van der Waals surface area contributed by atoms with Crippen LogP contribution >= 0.6 is 0 Å². The van der Waals surface area contributed by atoms with Crippen LogP contribution in [-0.4, -0.2) is 33.4 Å². The van der Waals surface area contributed by atoms with Crippen molar-refractivity contribution in [2.45, 2.75) is 31.7 Å². The van der Waals surface area contributed by atoms with Crippen molar-refractivity contribution in [1.29, 1.82) is 0 Å². The third-order valence-corrected chi connectivity index (χ3v) is 5.05. The van der Waals surface area contributed by atoms with Crippen LogP contribution in [0.2, 0.25) is 0 Å². The molecule has 6 heteroatoms. The van der Waals surface area contributed by atoms with E-state index < -0.39 is 10.0 Å². The summed E-state index contributed by atoms with van der Waals surface area (Å²) >= 11 is 0. The summed E-state index contributed by atoms with van der Waals surface area (Å²) in [7, 11) is -0.330. The molecule has 1 aromatic rings. The fourth-order valence-corrected chi connectivity index (χ4v) is 3.05. The van der Waals surface area contributed by atoms with E-state index in [0.717, 1.165) is 6.42 Å². The van der Waals surface area contributed by atoms with E-state index in [0.29, 0.717) is 23.8 Å². The van der Waals surface area contributed by atoms with Gasteiger partial charge in [0.1, 0.15) is 5.75 Å². The van der Waals surface area contributed by atoms with Gasteiger partial charge in [-0.25, -0.2) is 12.7 Å². The molecule has 5 nitrogen and oxygen atoms in total. The van der Waals surface area contributed by atoms with E-state index in [1.165, 1.54) is 11.4 Å². The molecule has 0 aliphatic rings. The first-order valence-electron chi connectivity index (χ1n) is 6.66. The summed E-state index contributed by atoms with van der Waals surface area (Å²) in [6, 6.07) is 4.78. The molecule has 0 unspecified atom stereocenters. The van der Waals surface area contributed by atoms with Crippen molar-refractivity contribution in [2.24, 2.45) is 11.7 Å². The van der Waals surface area contributed by atoms with Crippen LogP contribution in [-0.2, 0) is 16.6 Å². The second-order valence-electron chi connectivity index (χ2n) is 5.19. The number of methoxy groups -OCH3 is 1. The summed E-state index contributed by atoms with van der Waals surface area (Å²) in [6.45, 7) is 4.88. The molecule has 0 amide bonds. The van der Waals surface area contributed by atoms with Crippen molar-refractivity contribution < 1.29 is 13.2 Å². The molecule has 0 saturated carbocycles. The molecule has 0 bridgehead atoms. The average Bonchev–Trinajstić information content (AvgIpc) is 2.43. The number of hydrogen-bond acceptors (Lipinski definition) is 4. The summed E-state index contributed by atoms with van der Waals surface area (Å²) in [5.74, 6) is 1.07. The highest BCUT2D eigenvalue weighted by atomic mass is 32.2. The van der Waals surface area contributed by atoms with Gasteiger partial charge in [-0.15, -0.1) is 0 Å². The quantitative estimate of drug-likeness (QED) is 0.833. The van der Waals surface area contributed by atoms with Crippen molar-refractivity contribution in [3.63, 3.8) is 0 Å². The van der Waals surface area contributed by atoms with Gasteiger partial charge in [0, 0.05) is 25.7 Å². The Kier molecular flexibility index (Phi) is 5.98. The largest absolute Gasteiger partial charge is 0.496 e. The molecule has 0 radical (unpaired) electrons. The summed E-state index contributed by atoms with van der Waals surface area (Å²) in [5.41, 5.74) is 6.31. The summed E-state index contributed by atoms with van der Waals surface area (Å²) in [5, 5.41) is 0. The van der Waals surface area contributed by atoms with Crippen LogP contribution in [0.1, 0.15) is 25.8 Å². The maximum Gasteiger partial charge on any atom is 0.242 e. The Hall–Kier alpha value is -1.11. The van der Waals surface area contributed by atoms with Gasteiger partial charge < -0.3 is 10.5 Å². The molecular formula is C14H24N2O3S. The minimum atomic E-state index is -3.47. The zero-order chi connectivity index (χ0) is 15.3. The number of rotatable bonds is 7. The van der Waals surface area contributed by atoms with Gasteiger partial charge in [0.2, 0.25) is 10.0 Å². The highest BCUT2D eigenvalue weighted by Crippen LogP contribution is 2.24. The Morgan fingerprint density at radius 3 is 2.50 bits per heavy atom. The third-order valence-electron chi connectivity index (χ3n) is 3.20. The van der Waals surface area contributed by atoms with Crippen LogP contribution in [0, 0.1) is 5.92 Å². The molecule has 0 aromatic heterocycles. The Balaban J connectivity index is 3.03. The van der Waals surface area contributed by atoms with Gasteiger partial charge in [0.15, 0.2) is 0 Å². The van der Waals surface area contributed by atoms with Gasteiger partial charge >= 0.3 is 0 Å². The molecule has 2 N–H and O–H groups in total. The van der Waals surface area contributed by atoms with Gasteiger partial charge in [0.25, 0.3) is 0 Å². The van der Waals surface area contributed by atoms with Crippen LogP contribution in [0.15, 0.2) is 23.1 Å². The molecule has 0 aliphatic heterocycles. The Morgan fingerprint density at radius 1 is 1.35 bits per heavy atom. The fraction of sp³-hybridized carbons (Fsp3) is 0.571. The van der Waals surface area contributed by atoms with E-state index >= 15 is 0 Å². The van der Waals surface area contributed by atoms with Gasteiger partial charge in [-0.2, -0.15) is 0 Å². The average molecular weight is 300 g/mol. The van der Waals surface area contributed by atoms with Crippen molar-refractivity contribution in [3.05, 3.63) is 23.8 Å². The summed E-state index contributed by atoms with van der Waals surface area (Å²) in [4.78, 5) is 0.255. The molecule has 0 heterocycles. The minimum absolute atomic E-state index is 0.238. The topological polar surface area (TPSA) is 72.6 Å².